The van der Waals surface area contributed by atoms with Crippen molar-refractivity contribution >= 4 is 59.3 Å². The average molecular weight is 462 g/mol. The van der Waals surface area contributed by atoms with Crippen LogP contribution in [0.1, 0.15) is 5.56 Å². The van der Waals surface area contributed by atoms with Crippen LogP contribution in [0.4, 0.5) is 34.9 Å². The van der Waals surface area contributed by atoms with E-state index in [9.17, 15) is 9.59 Å². The van der Waals surface area contributed by atoms with E-state index in [0.29, 0.717) is 22.6 Å². The summed E-state index contributed by atoms with van der Waals surface area (Å²) >= 11 is 0. The molecule has 0 bridgehead atoms. The molecule has 0 atom stereocenters. The third kappa shape index (κ3) is 6.26. The lowest BCUT2D eigenvalue weighted by Crippen LogP contribution is -2.15. The van der Waals surface area contributed by atoms with Gasteiger partial charge in [0.25, 0.3) is 5.95 Å². The van der Waals surface area contributed by atoms with Gasteiger partial charge in [-0.2, -0.15) is 15.0 Å². The lowest BCUT2D eigenvalue weighted by Gasteiger charge is -2.07. The molecular weight excluding hydrogens is 440 g/mol. The van der Waals surface area contributed by atoms with Crippen molar-refractivity contribution in [2.24, 2.45) is 4.99 Å². The number of nitrogen functional groups attached to an aromatic ring is 2. The van der Waals surface area contributed by atoms with Gasteiger partial charge in [-0.05, 0) is 35.9 Å². The van der Waals surface area contributed by atoms with Gasteiger partial charge in [0, 0.05) is 5.69 Å². The standard InChI is InChI=1S/C22H22N8O4/c1-33-18(31)15(19(32)34-2)11-13-7-9-14(10-8-13)27-22-29-20(24)28-21(30-22)26-12-25-17-6-4-3-5-16(17)23/h3-12H,23H2,1-2H3,(H4,24,25,26,27,28,29,30). The Bertz CT molecular complexity index is 1220. The molecule has 3 rings (SSSR count). The minimum Gasteiger partial charge on any atom is -0.465 e. The molecule has 12 nitrogen and oxygen atoms in total. The molecule has 0 saturated heterocycles. The zero-order valence-electron chi connectivity index (χ0n) is 18.4. The summed E-state index contributed by atoms with van der Waals surface area (Å²) in [5.74, 6) is -1.37. The number of hydrogen-bond donors (Lipinski definition) is 4. The van der Waals surface area contributed by atoms with Crippen LogP contribution in [0.5, 0.6) is 0 Å². The first-order valence-electron chi connectivity index (χ1n) is 9.80. The normalized spacial score (nSPS) is 10.4. The predicted octanol–water partition coefficient (Wildman–Crippen LogP) is 2.28. The van der Waals surface area contributed by atoms with Crippen molar-refractivity contribution in [3.8, 4) is 0 Å². The molecule has 3 aromatic rings. The fourth-order valence-corrected chi connectivity index (χ4v) is 2.66. The van der Waals surface area contributed by atoms with Crippen LogP contribution < -0.4 is 22.1 Å². The van der Waals surface area contributed by atoms with Crippen LogP contribution in [-0.4, -0.2) is 47.4 Å². The smallest absolute Gasteiger partial charge is 0.345 e. The minimum atomic E-state index is -0.799. The number of hydrogen-bond acceptors (Lipinski definition) is 11. The summed E-state index contributed by atoms with van der Waals surface area (Å²) < 4.78 is 9.23. The average Bonchev–Trinajstić information content (AvgIpc) is 2.83. The maximum Gasteiger partial charge on any atom is 0.345 e. The molecular formula is C22H22N8O4. The lowest BCUT2D eigenvalue weighted by atomic mass is 10.1. The Kier molecular flexibility index (Phi) is 7.68. The highest BCUT2D eigenvalue weighted by Gasteiger charge is 2.19. The summed E-state index contributed by atoms with van der Waals surface area (Å²) in [6, 6.07) is 13.9. The van der Waals surface area contributed by atoms with Gasteiger partial charge in [-0.1, -0.05) is 24.3 Å². The van der Waals surface area contributed by atoms with Gasteiger partial charge >= 0.3 is 11.9 Å². The molecule has 34 heavy (non-hydrogen) atoms. The summed E-state index contributed by atoms with van der Waals surface area (Å²) in [6.07, 6.45) is 2.76. The molecule has 0 aliphatic carbocycles. The monoisotopic (exact) mass is 462 g/mol. The topological polar surface area (TPSA) is 180 Å². The molecule has 1 heterocycles. The first kappa shape index (κ1) is 23.7. The van der Waals surface area contributed by atoms with Gasteiger partial charge in [-0.15, -0.1) is 0 Å². The Balaban J connectivity index is 1.73. The second kappa shape index (κ2) is 11.0. The summed E-state index contributed by atoms with van der Waals surface area (Å²) in [7, 11) is 2.36. The zero-order chi connectivity index (χ0) is 24.5. The van der Waals surface area contributed by atoms with Crippen LogP contribution in [0, 0.1) is 0 Å². The number of anilines is 5. The van der Waals surface area contributed by atoms with Gasteiger partial charge in [-0.3, -0.25) is 0 Å². The molecule has 2 aromatic carbocycles. The first-order chi connectivity index (χ1) is 16.4. The summed E-state index contributed by atoms with van der Waals surface area (Å²) in [5.41, 5.74) is 13.8. The summed E-state index contributed by atoms with van der Waals surface area (Å²) in [4.78, 5) is 40.0. The van der Waals surface area contributed by atoms with E-state index in [1.807, 2.05) is 12.1 Å². The van der Waals surface area contributed by atoms with E-state index in [4.69, 9.17) is 11.5 Å². The van der Waals surface area contributed by atoms with E-state index in [1.165, 1.54) is 26.6 Å². The minimum absolute atomic E-state index is 0.0239. The van der Waals surface area contributed by atoms with E-state index in [2.05, 4.69) is 40.1 Å². The van der Waals surface area contributed by atoms with Gasteiger partial charge in [0.2, 0.25) is 11.9 Å². The third-order valence-corrected chi connectivity index (χ3v) is 4.29. The van der Waals surface area contributed by atoms with E-state index in [0.717, 1.165) is 0 Å². The van der Waals surface area contributed by atoms with Crippen molar-refractivity contribution < 1.29 is 19.1 Å². The Hall–Kier alpha value is -5.00. The maximum atomic E-state index is 11.8. The Morgan fingerprint density at radius 1 is 0.941 bits per heavy atom. The number of carbonyl (C=O) groups is 2. The van der Waals surface area contributed by atoms with Crippen LogP contribution in [0.3, 0.4) is 0 Å². The molecule has 0 aliphatic rings. The number of benzene rings is 2. The van der Waals surface area contributed by atoms with Crippen LogP contribution in [0.15, 0.2) is 59.1 Å². The maximum absolute atomic E-state index is 11.8. The molecule has 0 unspecified atom stereocenters. The quantitative estimate of drug-likeness (QED) is 0.0733. The van der Waals surface area contributed by atoms with E-state index in [1.54, 1.807) is 36.4 Å². The van der Waals surface area contributed by atoms with Crippen molar-refractivity contribution in [2.45, 2.75) is 0 Å². The lowest BCUT2D eigenvalue weighted by molar-refractivity contribution is -0.143. The molecule has 0 saturated carbocycles. The van der Waals surface area contributed by atoms with Crippen LogP contribution in [0.25, 0.3) is 6.08 Å². The first-order valence-corrected chi connectivity index (χ1v) is 9.80. The van der Waals surface area contributed by atoms with Crippen molar-refractivity contribution in [1.29, 1.82) is 0 Å². The van der Waals surface area contributed by atoms with Crippen LogP contribution in [0.2, 0.25) is 0 Å². The summed E-state index contributed by atoms with van der Waals surface area (Å²) in [6.45, 7) is 0. The third-order valence-electron chi connectivity index (χ3n) is 4.29. The van der Waals surface area contributed by atoms with Gasteiger partial charge in [0.05, 0.1) is 31.9 Å². The highest BCUT2D eigenvalue weighted by molar-refractivity contribution is 6.17. The van der Waals surface area contributed by atoms with Crippen molar-refractivity contribution in [2.75, 3.05) is 36.3 Å². The molecule has 6 N–H and O–H groups in total. The number of nitrogens with zero attached hydrogens (tertiary/aromatic N) is 4. The van der Waals surface area contributed by atoms with Gasteiger partial charge < -0.3 is 31.6 Å². The van der Waals surface area contributed by atoms with E-state index in [-0.39, 0.29) is 23.4 Å². The van der Waals surface area contributed by atoms with E-state index < -0.39 is 11.9 Å². The molecule has 0 radical (unpaired) electrons. The zero-order valence-corrected chi connectivity index (χ0v) is 18.4. The number of aliphatic imine (C=N–C) groups is 1. The van der Waals surface area contributed by atoms with Crippen LogP contribution in [-0.2, 0) is 19.1 Å². The number of carbonyl (C=O) groups excluding carboxylic acids is 2. The fraction of sp³-hybridized carbons (Fsp3) is 0.0909. The van der Waals surface area contributed by atoms with Gasteiger partial charge in [-0.25, -0.2) is 14.6 Å². The number of aromatic nitrogens is 3. The molecule has 0 aliphatic heterocycles. The van der Waals surface area contributed by atoms with Gasteiger partial charge in [0.15, 0.2) is 0 Å². The second-order valence-corrected chi connectivity index (χ2v) is 6.60. The Morgan fingerprint density at radius 2 is 1.62 bits per heavy atom. The number of para-hydroxylation sites is 2. The molecule has 0 spiro atoms. The fourth-order valence-electron chi connectivity index (χ4n) is 2.66. The Morgan fingerprint density at radius 3 is 2.26 bits per heavy atom. The number of ether oxygens (including phenoxy) is 2. The number of nitrogens with two attached hydrogens (primary N) is 2. The van der Waals surface area contributed by atoms with Crippen molar-refractivity contribution in [1.82, 2.24) is 15.0 Å². The van der Waals surface area contributed by atoms with E-state index >= 15 is 0 Å². The number of rotatable bonds is 8. The summed E-state index contributed by atoms with van der Waals surface area (Å²) in [5, 5.41) is 5.94. The molecule has 0 amide bonds. The Labute approximate surface area is 194 Å². The number of methoxy groups -OCH3 is 2. The SMILES string of the molecule is COC(=O)C(=Cc1ccc(Nc2nc(N)nc(N=CNc3ccccc3N)n2)cc1)C(=O)OC. The number of nitrogens with one attached hydrogen (secondary N) is 2. The largest absolute Gasteiger partial charge is 0.465 e. The second-order valence-electron chi connectivity index (χ2n) is 6.60. The predicted molar refractivity (Wildman–Crippen MR) is 129 cm³/mol. The molecule has 174 valence electrons. The number of esters is 2. The molecule has 1 aromatic heterocycles. The van der Waals surface area contributed by atoms with Crippen LogP contribution >= 0.6 is 0 Å². The van der Waals surface area contributed by atoms with Crippen molar-refractivity contribution in [3.63, 3.8) is 0 Å². The molecule has 12 heteroatoms. The van der Waals surface area contributed by atoms with Crippen molar-refractivity contribution in [3.05, 3.63) is 59.7 Å². The molecule has 0 fully saturated rings. The highest BCUT2D eigenvalue weighted by Crippen LogP contribution is 2.19. The highest BCUT2D eigenvalue weighted by atomic mass is 16.5. The van der Waals surface area contributed by atoms with Gasteiger partial charge in [0.1, 0.15) is 5.57 Å².